The first-order valence-electron chi connectivity index (χ1n) is 11.1. The molecular formula is C22H30ClFN6O4S. The Bertz CT molecular complexity index is 1190. The number of carbonyl (C=O) groups is 2. The maximum absolute atomic E-state index is 14.5. The van der Waals surface area contributed by atoms with E-state index in [0.717, 1.165) is 0 Å². The molecule has 0 saturated heterocycles. The number of aromatic nitrogens is 2. The van der Waals surface area contributed by atoms with E-state index in [0.29, 0.717) is 36.9 Å². The lowest BCUT2D eigenvalue weighted by Crippen LogP contribution is -2.46. The molecule has 0 unspecified atom stereocenters. The lowest BCUT2D eigenvalue weighted by Gasteiger charge is -2.35. The van der Waals surface area contributed by atoms with Crippen LogP contribution in [0.2, 0.25) is 5.02 Å². The van der Waals surface area contributed by atoms with Gasteiger partial charge in [0.1, 0.15) is 0 Å². The first kappa shape index (κ1) is 26.9. The quantitative estimate of drug-likeness (QED) is 0.536. The smallest absolute Gasteiger partial charge is 0.319 e. The molecule has 1 aliphatic rings. The second-order valence-corrected chi connectivity index (χ2v) is 11.2. The summed E-state index contributed by atoms with van der Waals surface area (Å²) in [6.45, 7) is 0. The van der Waals surface area contributed by atoms with Gasteiger partial charge in [0.2, 0.25) is 10.0 Å². The Morgan fingerprint density at radius 3 is 2.43 bits per heavy atom. The van der Waals surface area contributed by atoms with Crippen molar-refractivity contribution in [1.82, 2.24) is 29.6 Å². The number of nitrogens with zero attached hydrogens (tertiary/aromatic N) is 4. The SMILES string of the molecule is CN(C)C(=O)N(C)C1CCC(CS(=O)(=O)NNC(=O)c2cc(-c3cn(C)cn3)cc(Cl)c2F)CC1. The number of urea groups is 1. The molecule has 1 heterocycles. The van der Waals surface area contributed by atoms with Crippen LogP contribution < -0.4 is 10.3 Å². The highest BCUT2D eigenvalue weighted by Crippen LogP contribution is 2.29. The van der Waals surface area contributed by atoms with Gasteiger partial charge in [-0.3, -0.25) is 10.2 Å². The third-order valence-corrected chi connectivity index (χ3v) is 7.70. The summed E-state index contributed by atoms with van der Waals surface area (Å²) in [5.74, 6) is -2.25. The molecule has 1 fully saturated rings. The van der Waals surface area contributed by atoms with Crippen molar-refractivity contribution >= 4 is 33.6 Å². The topological polar surface area (TPSA) is 117 Å². The second-order valence-electron chi connectivity index (χ2n) is 9.04. The molecule has 2 N–H and O–H groups in total. The number of amides is 3. The van der Waals surface area contributed by atoms with Crippen LogP contribution in [-0.2, 0) is 17.1 Å². The molecule has 35 heavy (non-hydrogen) atoms. The Hall–Kier alpha value is -2.70. The highest BCUT2D eigenvalue weighted by Gasteiger charge is 2.30. The molecule has 1 aromatic heterocycles. The predicted molar refractivity (Wildman–Crippen MR) is 131 cm³/mol. The van der Waals surface area contributed by atoms with E-state index in [9.17, 15) is 22.4 Å². The zero-order valence-electron chi connectivity index (χ0n) is 20.1. The number of hydrazine groups is 1. The van der Waals surface area contributed by atoms with Gasteiger partial charge in [-0.2, -0.15) is 0 Å². The Morgan fingerprint density at radius 1 is 1.20 bits per heavy atom. The van der Waals surface area contributed by atoms with E-state index in [4.69, 9.17) is 11.6 Å². The van der Waals surface area contributed by atoms with Crippen molar-refractivity contribution in [3.63, 3.8) is 0 Å². The van der Waals surface area contributed by atoms with Crippen LogP contribution in [0.15, 0.2) is 24.7 Å². The van der Waals surface area contributed by atoms with E-state index in [1.54, 1.807) is 50.2 Å². The van der Waals surface area contributed by atoms with Gasteiger partial charge < -0.3 is 14.4 Å². The molecule has 0 spiro atoms. The normalized spacial score (nSPS) is 18.2. The molecule has 0 radical (unpaired) electrons. The summed E-state index contributed by atoms with van der Waals surface area (Å²) in [6.07, 6.45) is 5.85. The van der Waals surface area contributed by atoms with Crippen molar-refractivity contribution in [2.24, 2.45) is 13.0 Å². The van der Waals surface area contributed by atoms with Gasteiger partial charge >= 0.3 is 6.03 Å². The molecule has 192 valence electrons. The molecule has 3 rings (SSSR count). The standard InChI is InChI=1S/C22H30ClFN6O4S/c1-28(2)22(32)30(4)16-7-5-14(6-8-16)12-35(33,34)27-26-21(31)17-9-15(10-18(23)20(17)24)19-11-29(3)13-25-19/h9-11,13-14,16,27H,5-8,12H2,1-4H3,(H,26,31). The number of sulfonamides is 1. The minimum absolute atomic E-state index is 0.0515. The van der Waals surface area contributed by atoms with Crippen LogP contribution in [0.1, 0.15) is 36.0 Å². The molecule has 0 aliphatic heterocycles. The summed E-state index contributed by atoms with van der Waals surface area (Å²) in [7, 11) is 3.00. The number of rotatable bonds is 7. The maximum Gasteiger partial charge on any atom is 0.319 e. The van der Waals surface area contributed by atoms with E-state index in [2.05, 4.69) is 15.2 Å². The Morgan fingerprint density at radius 2 is 1.86 bits per heavy atom. The summed E-state index contributed by atoms with van der Waals surface area (Å²) in [4.78, 5) is 34.1. The third kappa shape index (κ3) is 6.71. The number of imidazole rings is 1. The minimum atomic E-state index is -3.88. The van der Waals surface area contributed by atoms with Gasteiger partial charge in [0.15, 0.2) is 5.82 Å². The zero-order chi connectivity index (χ0) is 25.9. The van der Waals surface area contributed by atoms with Crippen molar-refractivity contribution in [1.29, 1.82) is 0 Å². The molecule has 10 nitrogen and oxygen atoms in total. The van der Waals surface area contributed by atoms with Crippen molar-refractivity contribution in [3.05, 3.63) is 41.1 Å². The predicted octanol–water partition coefficient (Wildman–Crippen LogP) is 2.62. The van der Waals surface area contributed by atoms with Gasteiger partial charge in [0, 0.05) is 46.0 Å². The molecule has 0 bridgehead atoms. The second kappa shape index (κ2) is 10.9. The van der Waals surface area contributed by atoms with Gasteiger partial charge in [-0.05, 0) is 43.7 Å². The van der Waals surface area contributed by atoms with E-state index in [1.807, 2.05) is 0 Å². The molecule has 13 heteroatoms. The number of nitrogens with one attached hydrogen (secondary N) is 2. The number of benzene rings is 1. The van der Waals surface area contributed by atoms with Crippen molar-refractivity contribution in [2.45, 2.75) is 31.7 Å². The summed E-state index contributed by atoms with van der Waals surface area (Å²) in [5, 5.41) is -0.282. The van der Waals surface area contributed by atoms with Crippen LogP contribution >= 0.6 is 11.6 Å². The highest BCUT2D eigenvalue weighted by molar-refractivity contribution is 7.89. The Balaban J connectivity index is 1.58. The van der Waals surface area contributed by atoms with Crippen LogP contribution in [0.3, 0.4) is 0 Å². The lowest BCUT2D eigenvalue weighted by molar-refractivity contribution is 0.0941. The van der Waals surface area contributed by atoms with Crippen LogP contribution in [0.25, 0.3) is 11.3 Å². The van der Waals surface area contributed by atoms with Crippen LogP contribution in [-0.4, -0.2) is 72.6 Å². The fourth-order valence-corrected chi connectivity index (χ4v) is 5.68. The van der Waals surface area contributed by atoms with Crippen LogP contribution in [0.5, 0.6) is 0 Å². The number of aryl methyl sites for hydroxylation is 1. The fourth-order valence-electron chi connectivity index (χ4n) is 4.18. The van der Waals surface area contributed by atoms with Crippen molar-refractivity contribution in [3.8, 4) is 11.3 Å². The number of hydrogen-bond acceptors (Lipinski definition) is 5. The van der Waals surface area contributed by atoms with Crippen LogP contribution in [0.4, 0.5) is 9.18 Å². The van der Waals surface area contributed by atoms with Crippen molar-refractivity contribution < 1.29 is 22.4 Å². The summed E-state index contributed by atoms with van der Waals surface area (Å²) in [5.41, 5.74) is 2.57. The average molecular weight is 529 g/mol. The summed E-state index contributed by atoms with van der Waals surface area (Å²) in [6, 6.07) is 2.57. The van der Waals surface area contributed by atoms with E-state index < -0.39 is 27.3 Å². The van der Waals surface area contributed by atoms with Gasteiger partial charge in [-0.15, -0.1) is 4.83 Å². The molecule has 0 atom stereocenters. The number of carbonyl (C=O) groups excluding carboxylic acids is 2. The average Bonchev–Trinajstić information content (AvgIpc) is 3.24. The largest absolute Gasteiger partial charge is 0.340 e. The van der Waals surface area contributed by atoms with E-state index in [1.165, 1.54) is 17.0 Å². The van der Waals surface area contributed by atoms with Gasteiger partial charge in [-0.1, -0.05) is 11.6 Å². The minimum Gasteiger partial charge on any atom is -0.340 e. The van der Waals surface area contributed by atoms with Crippen LogP contribution in [0, 0.1) is 11.7 Å². The Kier molecular flexibility index (Phi) is 8.39. The molecule has 1 aromatic carbocycles. The molecule has 2 aromatic rings. The fraction of sp³-hybridized carbons (Fsp3) is 0.500. The zero-order valence-corrected chi connectivity index (χ0v) is 21.7. The third-order valence-electron chi connectivity index (χ3n) is 6.10. The summed E-state index contributed by atoms with van der Waals surface area (Å²) < 4.78 is 41.3. The maximum atomic E-state index is 14.5. The van der Waals surface area contributed by atoms with Gasteiger partial charge in [-0.25, -0.2) is 22.6 Å². The summed E-state index contributed by atoms with van der Waals surface area (Å²) >= 11 is 5.95. The van der Waals surface area contributed by atoms with E-state index >= 15 is 0 Å². The number of hydrogen-bond donors (Lipinski definition) is 2. The van der Waals surface area contributed by atoms with Gasteiger partial charge in [0.25, 0.3) is 5.91 Å². The first-order chi connectivity index (χ1) is 16.4. The van der Waals surface area contributed by atoms with Gasteiger partial charge in [0.05, 0.1) is 28.4 Å². The van der Waals surface area contributed by atoms with E-state index in [-0.39, 0.29) is 28.8 Å². The number of halogens is 2. The Labute approximate surface area is 209 Å². The monoisotopic (exact) mass is 528 g/mol. The molecule has 1 saturated carbocycles. The van der Waals surface area contributed by atoms with Crippen molar-refractivity contribution in [2.75, 3.05) is 26.9 Å². The first-order valence-corrected chi connectivity index (χ1v) is 13.1. The highest BCUT2D eigenvalue weighted by atomic mass is 35.5. The molecular weight excluding hydrogens is 499 g/mol. The lowest BCUT2D eigenvalue weighted by atomic mass is 9.86. The molecule has 1 aliphatic carbocycles. The molecule has 3 amide bonds.